The number of carbonyl (C=O) groups excluding carboxylic acids is 1. The van der Waals surface area contributed by atoms with Crippen LogP contribution in [0, 0.1) is 0 Å². The number of amides is 1. The summed E-state index contributed by atoms with van der Waals surface area (Å²) < 4.78 is 31.8. The van der Waals surface area contributed by atoms with Crippen molar-refractivity contribution in [3.8, 4) is 0 Å². The number of hydrogen-bond donors (Lipinski definition) is 2. The highest BCUT2D eigenvalue weighted by atomic mass is 32.2. The largest absolute Gasteiger partial charge is 0.385 e. The molecule has 116 valence electrons. The third kappa shape index (κ3) is 4.26. The monoisotopic (exact) mass is 312 g/mol. The Morgan fingerprint density at radius 3 is 2.90 bits per heavy atom. The third-order valence-electron chi connectivity index (χ3n) is 3.33. The van der Waals surface area contributed by atoms with Gasteiger partial charge in [0.05, 0.1) is 4.90 Å². The van der Waals surface area contributed by atoms with E-state index in [9.17, 15) is 13.2 Å². The molecule has 1 amide bonds. The van der Waals surface area contributed by atoms with Gasteiger partial charge >= 0.3 is 0 Å². The SMILES string of the molecule is COCCCNS(=O)(=O)c1ccc2c(c1)CCCC(=O)N2. The smallest absolute Gasteiger partial charge is 0.240 e. The summed E-state index contributed by atoms with van der Waals surface area (Å²) in [7, 11) is -1.94. The number of benzene rings is 1. The third-order valence-corrected chi connectivity index (χ3v) is 4.79. The minimum absolute atomic E-state index is 0.0259. The molecule has 1 aliphatic heterocycles. The van der Waals surface area contributed by atoms with Crippen molar-refractivity contribution in [2.45, 2.75) is 30.6 Å². The number of methoxy groups -OCH3 is 1. The van der Waals surface area contributed by atoms with Gasteiger partial charge in [-0.1, -0.05) is 0 Å². The maximum absolute atomic E-state index is 12.2. The molecule has 0 saturated heterocycles. The topological polar surface area (TPSA) is 84.5 Å². The minimum Gasteiger partial charge on any atom is -0.385 e. The Labute approximate surface area is 124 Å². The molecule has 0 aliphatic carbocycles. The summed E-state index contributed by atoms with van der Waals surface area (Å²) in [6, 6.07) is 4.81. The Morgan fingerprint density at radius 1 is 1.33 bits per heavy atom. The van der Waals surface area contributed by atoms with Crippen molar-refractivity contribution in [2.75, 3.05) is 25.6 Å². The molecule has 7 heteroatoms. The minimum atomic E-state index is -3.52. The predicted molar refractivity (Wildman–Crippen MR) is 79.7 cm³/mol. The Kier molecular flexibility index (Phi) is 5.33. The van der Waals surface area contributed by atoms with E-state index >= 15 is 0 Å². The summed E-state index contributed by atoms with van der Waals surface area (Å²) >= 11 is 0. The number of nitrogens with one attached hydrogen (secondary N) is 2. The van der Waals surface area contributed by atoms with E-state index in [1.54, 1.807) is 19.2 Å². The van der Waals surface area contributed by atoms with Gasteiger partial charge in [-0.25, -0.2) is 13.1 Å². The number of anilines is 1. The van der Waals surface area contributed by atoms with Crippen LogP contribution in [-0.2, 0) is 26.0 Å². The van der Waals surface area contributed by atoms with E-state index < -0.39 is 10.0 Å². The number of ether oxygens (including phenoxy) is 1. The van der Waals surface area contributed by atoms with E-state index in [1.165, 1.54) is 6.07 Å². The highest BCUT2D eigenvalue weighted by Gasteiger charge is 2.18. The molecule has 0 spiro atoms. The van der Waals surface area contributed by atoms with Crippen LogP contribution in [0.25, 0.3) is 0 Å². The average molecular weight is 312 g/mol. The first-order valence-corrected chi connectivity index (χ1v) is 8.42. The molecule has 1 heterocycles. The van der Waals surface area contributed by atoms with Crippen LogP contribution in [0.3, 0.4) is 0 Å². The first kappa shape index (κ1) is 15.9. The Hall–Kier alpha value is -1.44. The zero-order valence-electron chi connectivity index (χ0n) is 12.0. The van der Waals surface area contributed by atoms with E-state index in [4.69, 9.17) is 4.74 Å². The molecule has 0 saturated carbocycles. The van der Waals surface area contributed by atoms with Gasteiger partial charge in [0, 0.05) is 32.4 Å². The Bertz CT molecular complexity index is 613. The van der Waals surface area contributed by atoms with Crippen molar-refractivity contribution in [1.82, 2.24) is 4.72 Å². The fraction of sp³-hybridized carbons (Fsp3) is 0.500. The fourth-order valence-corrected chi connectivity index (χ4v) is 3.35. The molecular formula is C14H20N2O4S. The average Bonchev–Trinajstić information content (AvgIpc) is 2.63. The number of sulfonamides is 1. The second kappa shape index (κ2) is 7.02. The van der Waals surface area contributed by atoms with Crippen molar-refractivity contribution < 1.29 is 17.9 Å². The second-order valence-electron chi connectivity index (χ2n) is 4.96. The van der Waals surface area contributed by atoms with E-state index in [1.807, 2.05) is 0 Å². The molecule has 1 aromatic carbocycles. The van der Waals surface area contributed by atoms with Crippen LogP contribution in [-0.4, -0.2) is 34.6 Å². The maximum atomic E-state index is 12.2. The van der Waals surface area contributed by atoms with Crippen molar-refractivity contribution in [2.24, 2.45) is 0 Å². The van der Waals surface area contributed by atoms with Gasteiger partial charge < -0.3 is 10.1 Å². The van der Waals surface area contributed by atoms with Gasteiger partial charge in [-0.2, -0.15) is 0 Å². The van der Waals surface area contributed by atoms with E-state index in [0.717, 1.165) is 12.0 Å². The zero-order chi connectivity index (χ0) is 15.3. The van der Waals surface area contributed by atoms with E-state index in [2.05, 4.69) is 10.0 Å². The van der Waals surface area contributed by atoms with Gasteiger partial charge in [0.15, 0.2) is 0 Å². The molecule has 0 bridgehead atoms. The molecule has 6 nitrogen and oxygen atoms in total. The summed E-state index contributed by atoms with van der Waals surface area (Å²) in [6.07, 6.45) is 2.51. The van der Waals surface area contributed by atoms with Crippen LogP contribution >= 0.6 is 0 Å². The summed E-state index contributed by atoms with van der Waals surface area (Å²) in [5.41, 5.74) is 1.57. The molecule has 2 rings (SSSR count). The number of carbonyl (C=O) groups is 1. The van der Waals surface area contributed by atoms with Crippen molar-refractivity contribution in [3.05, 3.63) is 23.8 Å². The molecule has 21 heavy (non-hydrogen) atoms. The number of hydrogen-bond acceptors (Lipinski definition) is 4. The van der Waals surface area contributed by atoms with Gasteiger partial charge in [0.1, 0.15) is 0 Å². The zero-order valence-corrected chi connectivity index (χ0v) is 12.8. The lowest BCUT2D eigenvalue weighted by Gasteiger charge is -2.11. The van der Waals surface area contributed by atoms with Crippen LogP contribution in [0.15, 0.2) is 23.1 Å². The molecule has 0 aromatic heterocycles. The normalized spacial score (nSPS) is 15.2. The van der Waals surface area contributed by atoms with Crippen LogP contribution < -0.4 is 10.0 Å². The van der Waals surface area contributed by atoms with Gasteiger partial charge in [-0.3, -0.25) is 4.79 Å². The van der Waals surface area contributed by atoms with Gasteiger partial charge in [-0.15, -0.1) is 0 Å². The quantitative estimate of drug-likeness (QED) is 0.775. The van der Waals surface area contributed by atoms with Gasteiger partial charge in [0.25, 0.3) is 0 Å². The van der Waals surface area contributed by atoms with Gasteiger partial charge in [0.2, 0.25) is 15.9 Å². The molecule has 0 unspecified atom stereocenters. The Morgan fingerprint density at radius 2 is 2.14 bits per heavy atom. The van der Waals surface area contributed by atoms with Crippen LogP contribution in [0.4, 0.5) is 5.69 Å². The molecular weight excluding hydrogens is 292 g/mol. The summed E-state index contributed by atoms with van der Waals surface area (Å²) in [6.45, 7) is 0.850. The molecule has 0 radical (unpaired) electrons. The Balaban J connectivity index is 2.13. The number of aryl methyl sites for hydroxylation is 1. The standard InChI is InChI=1S/C14H20N2O4S/c1-20-9-3-8-15-21(18,19)12-6-7-13-11(10-12)4-2-5-14(17)16-13/h6-7,10,15H,2-5,8-9H2,1H3,(H,16,17). The number of fused-ring (bicyclic) bond motifs is 1. The molecule has 1 aromatic rings. The van der Waals surface area contributed by atoms with Crippen molar-refractivity contribution in [3.63, 3.8) is 0 Å². The van der Waals surface area contributed by atoms with Crippen LogP contribution in [0.2, 0.25) is 0 Å². The summed E-state index contributed by atoms with van der Waals surface area (Å²) in [5.74, 6) is -0.0259. The lowest BCUT2D eigenvalue weighted by molar-refractivity contribution is -0.116. The molecule has 2 N–H and O–H groups in total. The first-order valence-electron chi connectivity index (χ1n) is 6.94. The maximum Gasteiger partial charge on any atom is 0.240 e. The number of rotatable bonds is 6. The molecule has 1 aliphatic rings. The highest BCUT2D eigenvalue weighted by Crippen LogP contribution is 2.25. The highest BCUT2D eigenvalue weighted by molar-refractivity contribution is 7.89. The van der Waals surface area contributed by atoms with Crippen LogP contribution in [0.1, 0.15) is 24.8 Å². The summed E-state index contributed by atoms with van der Waals surface area (Å²) in [5, 5.41) is 2.79. The lowest BCUT2D eigenvalue weighted by atomic mass is 10.1. The fourth-order valence-electron chi connectivity index (χ4n) is 2.22. The molecule has 0 atom stereocenters. The van der Waals surface area contributed by atoms with Crippen molar-refractivity contribution >= 4 is 21.6 Å². The van der Waals surface area contributed by atoms with Gasteiger partial charge in [-0.05, 0) is 43.0 Å². The predicted octanol–water partition coefficient (Wildman–Crippen LogP) is 1.28. The summed E-state index contributed by atoms with van der Waals surface area (Å²) in [4.78, 5) is 11.7. The van der Waals surface area contributed by atoms with E-state index in [0.29, 0.717) is 38.1 Å². The first-order chi connectivity index (χ1) is 10.0. The van der Waals surface area contributed by atoms with Crippen molar-refractivity contribution in [1.29, 1.82) is 0 Å². The second-order valence-corrected chi connectivity index (χ2v) is 6.73. The lowest BCUT2D eigenvalue weighted by Crippen LogP contribution is -2.25. The van der Waals surface area contributed by atoms with Crippen LogP contribution in [0.5, 0.6) is 0 Å². The molecule has 0 fully saturated rings. The van der Waals surface area contributed by atoms with E-state index in [-0.39, 0.29) is 10.8 Å².